The molecule has 4 heterocycles. The predicted molar refractivity (Wildman–Crippen MR) is 254 cm³/mol. The monoisotopic (exact) mass is 868 g/mol. The number of H-pyrrole nitrogens is 2. The van der Waals surface area contributed by atoms with Gasteiger partial charge in [0.1, 0.15) is 5.52 Å². The number of hydrogen-bond donors (Lipinski definition) is 8. The molecule has 330 valence electrons. The molecule has 5 fully saturated rings. The van der Waals surface area contributed by atoms with E-state index in [4.69, 9.17) is 16.6 Å². The Labute approximate surface area is 374 Å². The summed E-state index contributed by atoms with van der Waals surface area (Å²) in [5.41, 5.74) is 16.5. The highest BCUT2D eigenvalue weighted by molar-refractivity contribution is 6.10. The van der Waals surface area contributed by atoms with E-state index in [0.717, 1.165) is 105 Å². The molecule has 4 aromatic carbocycles. The topological polar surface area (TPSA) is 243 Å². The number of benzene rings is 4. The molecule has 0 atom stereocenters. The van der Waals surface area contributed by atoms with Crippen molar-refractivity contribution < 1.29 is 9.59 Å². The van der Waals surface area contributed by atoms with Gasteiger partial charge >= 0.3 is 0 Å². The van der Waals surface area contributed by atoms with Crippen molar-refractivity contribution in [2.75, 3.05) is 34.8 Å². The molecule has 5 aliphatic carbocycles. The van der Waals surface area contributed by atoms with Crippen LogP contribution in [-0.4, -0.2) is 65.2 Å². The average molecular weight is 869 g/mol. The van der Waals surface area contributed by atoms with Crippen LogP contribution in [0.2, 0.25) is 0 Å². The van der Waals surface area contributed by atoms with Gasteiger partial charge in [-0.05, 0) is 128 Å². The van der Waals surface area contributed by atoms with Crippen LogP contribution in [0.4, 0.5) is 23.3 Å². The predicted octanol–water partition coefficient (Wildman–Crippen LogP) is 8.20. The van der Waals surface area contributed by atoms with Crippen molar-refractivity contribution in [1.82, 2.24) is 45.8 Å². The lowest BCUT2D eigenvalue weighted by atomic mass is 9.52. The lowest BCUT2D eigenvalue weighted by molar-refractivity contribution is -0.0305. The summed E-state index contributed by atoms with van der Waals surface area (Å²) < 4.78 is 0. The number of nitrogens with two attached hydrogens (primary N) is 2. The van der Waals surface area contributed by atoms with E-state index in [1.165, 1.54) is 57.8 Å². The molecule has 16 heteroatoms. The second kappa shape index (κ2) is 17.1. The van der Waals surface area contributed by atoms with E-state index in [1.807, 2.05) is 72.8 Å². The number of rotatable bonds is 10. The van der Waals surface area contributed by atoms with Crippen LogP contribution in [-0.2, 0) is 0 Å². The van der Waals surface area contributed by atoms with E-state index < -0.39 is 5.91 Å². The molecule has 0 unspecified atom stereocenters. The van der Waals surface area contributed by atoms with Crippen LogP contribution in [0.3, 0.4) is 0 Å². The lowest BCUT2D eigenvalue weighted by Crippen LogP contribution is -2.47. The third kappa shape index (κ3) is 8.14. The van der Waals surface area contributed by atoms with Crippen LogP contribution in [0.15, 0.2) is 84.9 Å². The molecule has 2 amide bonds. The summed E-state index contributed by atoms with van der Waals surface area (Å²) in [6.07, 6.45) is 12.5. The van der Waals surface area contributed by atoms with Crippen molar-refractivity contribution in [3.05, 3.63) is 96.3 Å². The number of carbonyl (C=O) groups is 2. The molecule has 5 aliphatic rings. The number of imidazole rings is 2. The number of hydrazine groups is 1. The van der Waals surface area contributed by atoms with Gasteiger partial charge in [-0.15, -0.1) is 20.4 Å². The summed E-state index contributed by atoms with van der Waals surface area (Å²) in [5, 5.41) is 27.9. The van der Waals surface area contributed by atoms with Crippen LogP contribution >= 0.6 is 0 Å². The number of fused-ring (bicyclic) bond motifs is 4. The lowest BCUT2D eigenvalue weighted by Gasteiger charge is -2.54. The zero-order valence-electron chi connectivity index (χ0n) is 36.0. The Morgan fingerprint density at radius 2 is 1.38 bits per heavy atom. The van der Waals surface area contributed by atoms with Crippen LogP contribution in [0.1, 0.15) is 78.8 Å². The molecule has 13 rings (SSSR count). The van der Waals surface area contributed by atoms with Gasteiger partial charge in [0.05, 0.1) is 33.3 Å². The number of aromatic amines is 2. The van der Waals surface area contributed by atoms with Crippen LogP contribution < -0.4 is 33.0 Å². The minimum absolute atomic E-state index is 0.117. The van der Waals surface area contributed by atoms with Gasteiger partial charge < -0.3 is 31.7 Å². The van der Waals surface area contributed by atoms with Gasteiger partial charge in [0.25, 0.3) is 11.8 Å². The molecule has 16 nitrogen and oxygen atoms in total. The Balaban J connectivity index is 0.000000146. The number of nitrogen functional groups attached to an aromatic ring is 2. The summed E-state index contributed by atoms with van der Waals surface area (Å²) in [4.78, 5) is 40.8. The minimum atomic E-state index is -0.466. The molecular formula is C49H52N14O2. The van der Waals surface area contributed by atoms with Crippen LogP contribution in [0, 0.1) is 35.5 Å². The summed E-state index contributed by atoms with van der Waals surface area (Å²) in [6.45, 7) is 1.95. The Bertz CT molecular complexity index is 3050. The second-order valence-electron chi connectivity index (χ2n) is 18.5. The van der Waals surface area contributed by atoms with Crippen molar-refractivity contribution in [2.45, 2.75) is 57.8 Å². The van der Waals surface area contributed by atoms with Gasteiger partial charge in [-0.3, -0.25) is 15.0 Å². The first kappa shape index (κ1) is 40.6. The van der Waals surface area contributed by atoms with Crippen molar-refractivity contribution in [3.8, 4) is 11.1 Å². The number of aromatic nitrogens is 8. The first-order chi connectivity index (χ1) is 31.8. The molecule has 0 radical (unpaired) electrons. The van der Waals surface area contributed by atoms with Crippen molar-refractivity contribution in [2.24, 2.45) is 41.4 Å². The van der Waals surface area contributed by atoms with Gasteiger partial charge in [-0.1, -0.05) is 55.3 Å². The zero-order chi connectivity index (χ0) is 44.0. The standard InChI is InChI=1S/C27H29N7O.C22H23N7O/c28-24-19-3-1-2-4-21(19)33-34-25(24)26(35)30-18-5-6-22-23(12-18)32-27(31-22)29-13-20-16-8-14-7-15(10-16)11-17(20)9-14;23-27-21(30)19-11-15-6-3-7-16(20(15)29-28-19)14-8-9-17-18(10-14)26-22(25-17)24-12-13-4-1-2-5-13/h1-6,12,14-17,20H,7-11,13H2,(H2,28,33)(H,30,35)(H2,29,31,32);3,6-11,13H,1-2,4-5,12,23H2,(H,27,30)(H2,24,25,26). The fraction of sp³-hybridized carbons (Fsp3) is 0.347. The maximum Gasteiger partial charge on any atom is 0.285 e. The first-order valence-electron chi connectivity index (χ1n) is 22.9. The maximum atomic E-state index is 12.9. The number of nitrogens with one attached hydrogen (secondary N) is 6. The molecule has 0 spiro atoms. The largest absolute Gasteiger partial charge is 0.396 e. The smallest absolute Gasteiger partial charge is 0.285 e. The number of carbonyl (C=O) groups excluding carboxylic acids is 2. The van der Waals surface area contributed by atoms with Gasteiger partial charge in [-0.25, -0.2) is 15.8 Å². The van der Waals surface area contributed by atoms with E-state index in [1.54, 1.807) is 6.07 Å². The summed E-state index contributed by atoms with van der Waals surface area (Å²) in [7, 11) is 0. The molecular weight excluding hydrogens is 817 g/mol. The van der Waals surface area contributed by atoms with Gasteiger partial charge in [0, 0.05) is 35.1 Å². The second-order valence-corrected chi connectivity index (χ2v) is 18.5. The third-order valence-corrected chi connectivity index (χ3v) is 14.4. The fourth-order valence-electron chi connectivity index (χ4n) is 11.4. The van der Waals surface area contributed by atoms with E-state index in [0.29, 0.717) is 22.3 Å². The number of amides is 2. The van der Waals surface area contributed by atoms with Crippen molar-refractivity contribution in [1.29, 1.82) is 0 Å². The van der Waals surface area contributed by atoms with Crippen molar-refractivity contribution >= 4 is 79.0 Å². The molecule has 10 N–H and O–H groups in total. The summed E-state index contributed by atoms with van der Waals surface area (Å²) in [5.74, 6) is 11.2. The highest BCUT2D eigenvalue weighted by Crippen LogP contribution is 2.56. The maximum absolute atomic E-state index is 12.9. The van der Waals surface area contributed by atoms with Gasteiger partial charge in [0.2, 0.25) is 11.9 Å². The Morgan fingerprint density at radius 3 is 2.14 bits per heavy atom. The molecule has 4 aromatic heterocycles. The number of hydrogen-bond acceptors (Lipinski definition) is 12. The zero-order valence-corrected chi connectivity index (χ0v) is 36.0. The normalized spacial score (nSPS) is 21.2. The van der Waals surface area contributed by atoms with Crippen LogP contribution in [0.25, 0.3) is 55.0 Å². The number of anilines is 4. The van der Waals surface area contributed by atoms with E-state index in [-0.39, 0.29) is 17.3 Å². The molecule has 8 aromatic rings. The summed E-state index contributed by atoms with van der Waals surface area (Å²) >= 11 is 0. The summed E-state index contributed by atoms with van der Waals surface area (Å²) in [6, 6.07) is 26.7. The minimum Gasteiger partial charge on any atom is -0.396 e. The van der Waals surface area contributed by atoms with E-state index in [2.05, 4.69) is 62.8 Å². The average Bonchev–Trinajstić information content (AvgIpc) is 4.10. The molecule has 0 aliphatic heterocycles. The Morgan fingerprint density at radius 1 is 0.677 bits per heavy atom. The first-order valence-corrected chi connectivity index (χ1v) is 22.9. The fourth-order valence-corrected chi connectivity index (χ4v) is 11.4. The highest BCUT2D eigenvalue weighted by Gasteiger charge is 2.47. The molecule has 0 saturated heterocycles. The highest BCUT2D eigenvalue weighted by atomic mass is 16.2. The third-order valence-electron chi connectivity index (χ3n) is 14.4. The molecule has 65 heavy (non-hydrogen) atoms. The molecule has 5 saturated carbocycles. The van der Waals surface area contributed by atoms with Crippen molar-refractivity contribution in [3.63, 3.8) is 0 Å². The van der Waals surface area contributed by atoms with Gasteiger partial charge in [-0.2, -0.15) is 0 Å². The van der Waals surface area contributed by atoms with Crippen LogP contribution in [0.5, 0.6) is 0 Å². The number of nitrogens with zero attached hydrogens (tertiary/aromatic N) is 6. The molecule has 4 bridgehead atoms. The Kier molecular flexibility index (Phi) is 10.7. The Hall–Kier alpha value is -7.20. The SMILES string of the molecule is NNC(=O)c1cc2cccc(-c3ccc4nc(NCC5CCCC5)[nH]c4c3)c2nn1.Nc1c(C(=O)Nc2ccc3nc(NCC4C5CC6CC(C5)CC4C6)[nH]c3c2)nnc2ccccc12. The van der Waals surface area contributed by atoms with E-state index in [9.17, 15) is 9.59 Å². The quantitative estimate of drug-likeness (QED) is 0.0368. The van der Waals surface area contributed by atoms with Gasteiger partial charge in [0.15, 0.2) is 11.4 Å². The van der Waals surface area contributed by atoms with E-state index >= 15 is 0 Å².